The van der Waals surface area contributed by atoms with Gasteiger partial charge >= 0.3 is 26.2 Å². The summed E-state index contributed by atoms with van der Waals surface area (Å²) in [6.45, 7) is 4.44. The standard InChI is InChI=1S/2C9H13.C2H6O.Zr/c2*1-2-3-6-9-7-4-5-8-9;1-3-2;/h2*4,7H,2-3,5-6H2,1H3;1-2H3;/q2*-1;;+2. The fourth-order valence-electron chi connectivity index (χ4n) is 1.98. The van der Waals surface area contributed by atoms with Gasteiger partial charge in [-0.1, -0.05) is 52.4 Å². The van der Waals surface area contributed by atoms with E-state index in [1.807, 2.05) is 0 Å². The van der Waals surface area contributed by atoms with Crippen molar-refractivity contribution < 1.29 is 30.9 Å². The van der Waals surface area contributed by atoms with Crippen molar-refractivity contribution in [1.29, 1.82) is 0 Å². The van der Waals surface area contributed by atoms with E-state index in [0.29, 0.717) is 0 Å². The van der Waals surface area contributed by atoms with Gasteiger partial charge in [0.05, 0.1) is 0 Å². The van der Waals surface area contributed by atoms with Crippen LogP contribution in [0.1, 0.15) is 65.2 Å². The molecule has 1 nitrogen and oxygen atoms in total. The largest absolute Gasteiger partial charge is 2.00 e. The van der Waals surface area contributed by atoms with Gasteiger partial charge in [-0.15, -0.1) is 12.8 Å². The molecule has 2 heteroatoms. The first-order chi connectivity index (χ1) is 10.3. The van der Waals surface area contributed by atoms with Crippen LogP contribution in [0.25, 0.3) is 0 Å². The van der Waals surface area contributed by atoms with Crippen LogP contribution in [-0.4, -0.2) is 14.2 Å². The second-order valence-corrected chi connectivity index (χ2v) is 5.23. The van der Waals surface area contributed by atoms with Gasteiger partial charge in [0.2, 0.25) is 0 Å². The molecule has 0 saturated heterocycles. The fourth-order valence-corrected chi connectivity index (χ4v) is 1.98. The average molecular weight is 380 g/mol. The predicted octanol–water partition coefficient (Wildman–Crippen LogP) is 5.99. The summed E-state index contributed by atoms with van der Waals surface area (Å²) < 4.78 is 4.25. The fraction of sp³-hybridized carbons (Fsp3) is 0.600. The maximum Gasteiger partial charge on any atom is 2.00 e. The van der Waals surface area contributed by atoms with Crippen molar-refractivity contribution in [2.75, 3.05) is 14.2 Å². The molecule has 122 valence electrons. The minimum absolute atomic E-state index is 0. The predicted molar refractivity (Wildman–Crippen MR) is 93.0 cm³/mol. The Morgan fingerprint density at radius 2 is 1.23 bits per heavy atom. The Balaban J connectivity index is 0. The summed E-state index contributed by atoms with van der Waals surface area (Å²) >= 11 is 0. The molecule has 0 aromatic carbocycles. The van der Waals surface area contributed by atoms with E-state index in [1.54, 1.807) is 14.2 Å². The third kappa shape index (κ3) is 14.7. The zero-order valence-electron chi connectivity index (χ0n) is 14.9. The Bertz CT molecular complexity index is 317. The van der Waals surface area contributed by atoms with Crippen LogP contribution in [0.4, 0.5) is 0 Å². The van der Waals surface area contributed by atoms with Gasteiger partial charge in [0, 0.05) is 14.2 Å². The van der Waals surface area contributed by atoms with Crippen molar-refractivity contribution in [3.05, 3.63) is 47.6 Å². The first-order valence-electron chi connectivity index (χ1n) is 8.21. The quantitative estimate of drug-likeness (QED) is 0.515. The Morgan fingerprint density at radius 1 is 0.864 bits per heavy atom. The maximum absolute atomic E-state index is 4.25. The molecule has 0 aromatic rings. The number of allylic oxidation sites excluding steroid dienone is 8. The van der Waals surface area contributed by atoms with E-state index < -0.39 is 0 Å². The van der Waals surface area contributed by atoms with Crippen molar-refractivity contribution in [2.24, 2.45) is 0 Å². The molecule has 2 rings (SSSR count). The number of hydrogen-bond donors (Lipinski definition) is 0. The summed E-state index contributed by atoms with van der Waals surface area (Å²) in [6, 6.07) is 0. The van der Waals surface area contributed by atoms with E-state index in [9.17, 15) is 0 Å². The molecule has 0 aromatic heterocycles. The monoisotopic (exact) mass is 378 g/mol. The van der Waals surface area contributed by atoms with Gasteiger partial charge in [-0.2, -0.15) is 12.2 Å². The summed E-state index contributed by atoms with van der Waals surface area (Å²) in [5, 5.41) is 0. The molecule has 0 amide bonds. The smallest absolute Gasteiger partial charge is 0.388 e. The van der Waals surface area contributed by atoms with Crippen molar-refractivity contribution in [3.8, 4) is 0 Å². The van der Waals surface area contributed by atoms with Crippen molar-refractivity contribution in [1.82, 2.24) is 0 Å². The van der Waals surface area contributed by atoms with Crippen molar-refractivity contribution in [3.63, 3.8) is 0 Å². The second kappa shape index (κ2) is 18.9. The van der Waals surface area contributed by atoms with E-state index in [0.717, 1.165) is 12.8 Å². The van der Waals surface area contributed by atoms with Crippen LogP contribution in [0.5, 0.6) is 0 Å². The number of rotatable bonds is 6. The van der Waals surface area contributed by atoms with E-state index in [4.69, 9.17) is 0 Å². The average Bonchev–Trinajstić information content (AvgIpc) is 3.18. The molecule has 2 aliphatic rings. The van der Waals surface area contributed by atoms with E-state index in [-0.39, 0.29) is 26.2 Å². The van der Waals surface area contributed by atoms with Gasteiger partial charge < -0.3 is 4.74 Å². The Hall–Kier alpha value is -0.197. The molecule has 0 heterocycles. The first kappa shape index (κ1) is 24.1. The summed E-state index contributed by atoms with van der Waals surface area (Å²) in [5.41, 5.74) is 2.83. The van der Waals surface area contributed by atoms with Gasteiger partial charge in [0.1, 0.15) is 0 Å². The SMILES string of the molecule is CCCCC1=[C-]CC=C1.CCCCC1=[C-]CC=C1.COC.[Zr+2]. The second-order valence-electron chi connectivity index (χ2n) is 5.23. The Kier molecular flexibility index (Phi) is 20.6. The summed E-state index contributed by atoms with van der Waals surface area (Å²) in [6.07, 6.45) is 25.1. The topological polar surface area (TPSA) is 9.23 Å². The molecule has 0 fully saturated rings. The van der Waals surface area contributed by atoms with Gasteiger partial charge in [-0.05, 0) is 0 Å². The number of unbranched alkanes of at least 4 members (excludes halogenated alkanes) is 2. The number of ether oxygens (including phenoxy) is 1. The molecule has 0 unspecified atom stereocenters. The Morgan fingerprint density at radius 3 is 1.45 bits per heavy atom. The van der Waals surface area contributed by atoms with Crippen LogP contribution in [0.2, 0.25) is 0 Å². The Labute approximate surface area is 157 Å². The van der Waals surface area contributed by atoms with Gasteiger partial charge in [-0.25, -0.2) is 23.3 Å². The zero-order chi connectivity index (χ0) is 15.8. The minimum atomic E-state index is 0. The van der Waals surface area contributed by atoms with Crippen LogP contribution in [0.15, 0.2) is 35.5 Å². The van der Waals surface area contributed by atoms with Gasteiger partial charge in [0.15, 0.2) is 0 Å². The maximum atomic E-state index is 4.25. The van der Waals surface area contributed by atoms with Crippen LogP contribution >= 0.6 is 0 Å². The molecule has 0 bridgehead atoms. The van der Waals surface area contributed by atoms with Gasteiger partial charge in [-0.3, -0.25) is 12.2 Å². The van der Waals surface area contributed by atoms with E-state index >= 15 is 0 Å². The summed E-state index contributed by atoms with van der Waals surface area (Å²) in [4.78, 5) is 0. The third-order valence-electron chi connectivity index (χ3n) is 3.13. The molecule has 0 radical (unpaired) electrons. The van der Waals surface area contributed by atoms with Crippen molar-refractivity contribution in [2.45, 2.75) is 65.2 Å². The van der Waals surface area contributed by atoms with Crippen LogP contribution in [0, 0.1) is 12.2 Å². The van der Waals surface area contributed by atoms with Crippen molar-refractivity contribution >= 4 is 0 Å². The van der Waals surface area contributed by atoms with E-state index in [2.05, 4.69) is 55.0 Å². The third-order valence-corrected chi connectivity index (χ3v) is 3.13. The minimum Gasteiger partial charge on any atom is -0.388 e. The zero-order valence-corrected chi connectivity index (χ0v) is 17.3. The molecular weight excluding hydrogens is 347 g/mol. The molecule has 0 spiro atoms. The molecule has 0 atom stereocenters. The number of hydrogen-bond acceptors (Lipinski definition) is 1. The van der Waals surface area contributed by atoms with Crippen LogP contribution in [0.3, 0.4) is 0 Å². The van der Waals surface area contributed by atoms with Gasteiger partial charge in [0.25, 0.3) is 0 Å². The van der Waals surface area contributed by atoms with Crippen LogP contribution < -0.4 is 0 Å². The van der Waals surface area contributed by atoms with E-state index in [1.165, 1.54) is 49.7 Å². The summed E-state index contributed by atoms with van der Waals surface area (Å²) in [5.74, 6) is 0. The normalized spacial score (nSPS) is 14.2. The molecule has 2 aliphatic carbocycles. The molecule has 22 heavy (non-hydrogen) atoms. The molecule has 0 aliphatic heterocycles. The molecular formula is C20H32OZr. The van der Waals surface area contributed by atoms with Crippen LogP contribution in [-0.2, 0) is 30.9 Å². The molecule has 0 saturated carbocycles. The summed E-state index contributed by atoms with van der Waals surface area (Å²) in [7, 11) is 3.25. The first-order valence-corrected chi connectivity index (χ1v) is 8.21. The molecule has 0 N–H and O–H groups in total. The number of methoxy groups -OCH3 is 1.